The van der Waals surface area contributed by atoms with Gasteiger partial charge in [-0.05, 0) is 31.6 Å². The summed E-state index contributed by atoms with van der Waals surface area (Å²) < 4.78 is 32.5. The SMILES string of the molecule is COCCN(C)S(=O)(=O)C1NNC2CCN(C(=O)C3CC4CCCCC4N3)CC21. The molecule has 1 saturated carbocycles. The lowest BCUT2D eigenvalue weighted by Crippen LogP contribution is -2.55. The summed E-state index contributed by atoms with van der Waals surface area (Å²) in [5.74, 6) is 0.604. The Kier molecular flexibility index (Phi) is 6.48. The number of sulfonamides is 1. The fraction of sp³-hybridized carbons (Fsp3) is 0.947. The third-order valence-corrected chi connectivity index (χ3v) is 9.46. The van der Waals surface area contributed by atoms with Crippen LogP contribution in [-0.4, -0.2) is 87.4 Å². The van der Waals surface area contributed by atoms with Crippen molar-refractivity contribution in [1.82, 2.24) is 25.4 Å². The average molecular weight is 430 g/mol. The van der Waals surface area contributed by atoms with Crippen molar-refractivity contribution in [3.8, 4) is 0 Å². The minimum atomic E-state index is -3.54. The first-order valence-corrected chi connectivity index (χ1v) is 12.4. The number of piperidine rings is 1. The number of hydrogen-bond donors (Lipinski definition) is 3. The molecule has 10 heteroatoms. The van der Waals surface area contributed by atoms with Crippen molar-refractivity contribution in [1.29, 1.82) is 0 Å². The Labute approximate surface area is 173 Å². The summed E-state index contributed by atoms with van der Waals surface area (Å²) in [6.07, 6.45) is 6.58. The number of nitrogens with zero attached hydrogens (tertiary/aromatic N) is 2. The molecule has 6 atom stereocenters. The van der Waals surface area contributed by atoms with Crippen LogP contribution in [-0.2, 0) is 19.6 Å². The molecule has 1 amide bonds. The number of carbonyl (C=O) groups is 1. The van der Waals surface area contributed by atoms with Crippen LogP contribution < -0.4 is 16.2 Å². The molecular formula is C19H35N5O4S. The molecule has 6 unspecified atom stereocenters. The number of hydrazine groups is 1. The summed E-state index contributed by atoms with van der Waals surface area (Å²) in [6, 6.07) is 0.433. The van der Waals surface area contributed by atoms with Gasteiger partial charge >= 0.3 is 0 Å². The topological polar surface area (TPSA) is 103 Å². The van der Waals surface area contributed by atoms with E-state index >= 15 is 0 Å². The van der Waals surface area contributed by atoms with E-state index in [2.05, 4.69) is 16.2 Å². The van der Waals surface area contributed by atoms with Gasteiger partial charge in [-0.1, -0.05) is 12.8 Å². The number of nitrogens with one attached hydrogen (secondary N) is 3. The number of fused-ring (bicyclic) bond motifs is 2. The van der Waals surface area contributed by atoms with Gasteiger partial charge in [0.25, 0.3) is 0 Å². The first-order chi connectivity index (χ1) is 13.9. The fourth-order valence-electron chi connectivity index (χ4n) is 5.53. The molecule has 166 valence electrons. The Hall–Kier alpha value is -0.780. The zero-order valence-electron chi connectivity index (χ0n) is 17.5. The maximum absolute atomic E-state index is 13.2. The summed E-state index contributed by atoms with van der Waals surface area (Å²) >= 11 is 0. The monoisotopic (exact) mass is 429 g/mol. The highest BCUT2D eigenvalue weighted by Gasteiger charge is 2.49. The van der Waals surface area contributed by atoms with Crippen molar-refractivity contribution >= 4 is 15.9 Å². The van der Waals surface area contributed by atoms with Gasteiger partial charge in [-0.25, -0.2) is 18.1 Å². The van der Waals surface area contributed by atoms with Gasteiger partial charge in [-0.2, -0.15) is 0 Å². The van der Waals surface area contributed by atoms with Gasteiger partial charge in [0.15, 0.2) is 0 Å². The van der Waals surface area contributed by atoms with Crippen molar-refractivity contribution < 1.29 is 17.9 Å². The lowest BCUT2D eigenvalue weighted by Gasteiger charge is -2.37. The molecule has 9 nitrogen and oxygen atoms in total. The predicted octanol–water partition coefficient (Wildman–Crippen LogP) is -0.534. The minimum Gasteiger partial charge on any atom is -0.383 e. The van der Waals surface area contributed by atoms with Gasteiger partial charge in [0.1, 0.15) is 5.37 Å². The van der Waals surface area contributed by atoms with E-state index in [1.165, 1.54) is 30.0 Å². The van der Waals surface area contributed by atoms with Crippen molar-refractivity contribution in [3.63, 3.8) is 0 Å². The van der Waals surface area contributed by atoms with Crippen LogP contribution in [0.25, 0.3) is 0 Å². The van der Waals surface area contributed by atoms with E-state index in [0.717, 1.165) is 12.8 Å². The summed E-state index contributed by atoms with van der Waals surface area (Å²) in [5, 5.41) is 2.84. The molecule has 4 aliphatic rings. The zero-order valence-corrected chi connectivity index (χ0v) is 18.3. The lowest BCUT2D eigenvalue weighted by molar-refractivity contribution is -0.135. The maximum atomic E-state index is 13.2. The van der Waals surface area contributed by atoms with Crippen LogP contribution in [0.4, 0.5) is 0 Å². The summed E-state index contributed by atoms with van der Waals surface area (Å²) in [6.45, 7) is 1.81. The molecule has 3 heterocycles. The number of likely N-dealkylation sites (N-methyl/N-ethyl adjacent to an activating group) is 1. The smallest absolute Gasteiger partial charge is 0.239 e. The maximum Gasteiger partial charge on any atom is 0.239 e. The summed E-state index contributed by atoms with van der Waals surface area (Å²) in [5.41, 5.74) is 6.15. The van der Waals surface area contributed by atoms with Crippen LogP contribution in [0.1, 0.15) is 38.5 Å². The van der Waals surface area contributed by atoms with Crippen molar-refractivity contribution in [2.24, 2.45) is 11.8 Å². The highest BCUT2D eigenvalue weighted by molar-refractivity contribution is 7.89. The first kappa shape index (κ1) is 21.5. The van der Waals surface area contributed by atoms with Crippen LogP contribution in [0.15, 0.2) is 0 Å². The summed E-state index contributed by atoms with van der Waals surface area (Å²) in [7, 11) is -0.399. The quantitative estimate of drug-likeness (QED) is 0.521. The fourth-order valence-corrected chi connectivity index (χ4v) is 7.18. The van der Waals surface area contributed by atoms with E-state index in [-0.39, 0.29) is 23.9 Å². The third kappa shape index (κ3) is 4.20. The normalized spacial score (nSPS) is 37.6. The number of ether oxygens (including phenoxy) is 1. The number of methoxy groups -OCH3 is 1. The second kappa shape index (κ2) is 8.76. The highest BCUT2D eigenvalue weighted by atomic mass is 32.2. The van der Waals surface area contributed by atoms with E-state index in [1.54, 1.807) is 14.2 Å². The molecule has 29 heavy (non-hydrogen) atoms. The number of rotatable bonds is 6. The molecule has 0 spiro atoms. The highest BCUT2D eigenvalue weighted by Crippen LogP contribution is 2.35. The molecular weight excluding hydrogens is 394 g/mol. The third-order valence-electron chi connectivity index (χ3n) is 7.30. The molecule has 0 aromatic rings. The van der Waals surface area contributed by atoms with Gasteiger partial charge in [0.05, 0.1) is 12.6 Å². The van der Waals surface area contributed by atoms with Crippen molar-refractivity contribution in [2.45, 2.75) is 62.0 Å². The first-order valence-electron chi connectivity index (χ1n) is 10.9. The van der Waals surface area contributed by atoms with Crippen LogP contribution in [0.2, 0.25) is 0 Å². The summed E-state index contributed by atoms with van der Waals surface area (Å²) in [4.78, 5) is 15.1. The second-order valence-electron chi connectivity index (χ2n) is 9.02. The molecule has 0 bridgehead atoms. The van der Waals surface area contributed by atoms with Crippen LogP contribution in [0.3, 0.4) is 0 Å². The minimum absolute atomic E-state index is 0.0637. The van der Waals surface area contributed by atoms with Gasteiger partial charge in [-0.3, -0.25) is 10.2 Å². The Morgan fingerprint density at radius 3 is 2.72 bits per heavy atom. The number of hydrogen-bond acceptors (Lipinski definition) is 7. The van der Waals surface area contributed by atoms with E-state index in [1.807, 2.05) is 4.90 Å². The molecule has 0 aromatic heterocycles. The molecule has 4 rings (SSSR count). The number of amides is 1. The van der Waals surface area contributed by atoms with Gasteiger partial charge in [0.2, 0.25) is 15.9 Å². The molecule has 1 aliphatic carbocycles. The molecule has 0 radical (unpaired) electrons. The van der Waals surface area contributed by atoms with Crippen molar-refractivity contribution in [2.75, 3.05) is 40.4 Å². The van der Waals surface area contributed by atoms with Crippen LogP contribution in [0, 0.1) is 11.8 Å². The number of likely N-dealkylation sites (tertiary alicyclic amines) is 1. The lowest BCUT2D eigenvalue weighted by atomic mass is 9.85. The predicted molar refractivity (Wildman–Crippen MR) is 109 cm³/mol. The standard InChI is InChI=1S/C19H35N5O4S/c1-23(9-10-28-2)29(26,27)18-14-12-24(8-7-16(14)21-22-18)19(25)17-11-13-5-3-4-6-15(13)20-17/h13-18,20-22H,3-12H2,1-2H3. The molecule has 0 aromatic carbocycles. The second-order valence-corrected chi connectivity index (χ2v) is 11.2. The van der Waals surface area contributed by atoms with Crippen molar-refractivity contribution in [3.05, 3.63) is 0 Å². The van der Waals surface area contributed by atoms with E-state index in [9.17, 15) is 13.2 Å². The van der Waals surface area contributed by atoms with Gasteiger partial charge in [0, 0.05) is 51.8 Å². The molecule has 3 aliphatic heterocycles. The van der Waals surface area contributed by atoms with E-state index in [0.29, 0.717) is 38.2 Å². The Morgan fingerprint density at radius 1 is 1.17 bits per heavy atom. The Balaban J connectivity index is 1.41. The average Bonchev–Trinajstić information content (AvgIpc) is 3.35. The number of carbonyl (C=O) groups excluding carboxylic acids is 1. The van der Waals surface area contributed by atoms with Crippen LogP contribution >= 0.6 is 0 Å². The molecule has 3 N–H and O–H groups in total. The molecule has 4 fully saturated rings. The molecule has 3 saturated heterocycles. The van der Waals surface area contributed by atoms with E-state index < -0.39 is 15.4 Å². The zero-order chi connectivity index (χ0) is 20.6. The largest absolute Gasteiger partial charge is 0.383 e. The Morgan fingerprint density at radius 2 is 1.97 bits per heavy atom. The van der Waals surface area contributed by atoms with E-state index in [4.69, 9.17) is 4.74 Å². The van der Waals surface area contributed by atoms with Crippen LogP contribution in [0.5, 0.6) is 0 Å². The van der Waals surface area contributed by atoms with Gasteiger partial charge < -0.3 is 15.0 Å². The van der Waals surface area contributed by atoms with Gasteiger partial charge in [-0.15, -0.1) is 0 Å². The Bertz CT molecular complexity index is 691.